The molecule has 0 radical (unpaired) electrons. The van der Waals surface area contributed by atoms with Crippen LogP contribution in [0.1, 0.15) is 39.8 Å². The molecule has 2 aliphatic heterocycles. The van der Waals surface area contributed by atoms with E-state index in [1.165, 1.54) is 37.2 Å². The van der Waals surface area contributed by atoms with Crippen LogP contribution in [0.25, 0.3) is 0 Å². The molecule has 0 saturated carbocycles. The van der Waals surface area contributed by atoms with Gasteiger partial charge in [-0.05, 0) is 42.3 Å². The molecule has 7 nitrogen and oxygen atoms in total. The molecule has 214 valence electrons. The van der Waals surface area contributed by atoms with E-state index in [1.54, 1.807) is 0 Å². The summed E-state index contributed by atoms with van der Waals surface area (Å²) in [6.07, 6.45) is -5.16. The van der Waals surface area contributed by atoms with Crippen molar-refractivity contribution in [1.29, 1.82) is 0 Å². The lowest BCUT2D eigenvalue weighted by Gasteiger charge is -2.30. The highest BCUT2D eigenvalue weighted by atomic mass is 19.4. The van der Waals surface area contributed by atoms with Gasteiger partial charge in [-0.25, -0.2) is 8.78 Å². The van der Waals surface area contributed by atoms with Crippen LogP contribution in [0.2, 0.25) is 0 Å². The van der Waals surface area contributed by atoms with Gasteiger partial charge in [-0.3, -0.25) is 4.79 Å². The maximum atomic E-state index is 15.8. The Bertz CT molecular complexity index is 1450. The van der Waals surface area contributed by atoms with Gasteiger partial charge in [0.05, 0.1) is 18.2 Å². The maximum absolute atomic E-state index is 15.8. The molecule has 1 amide bonds. The predicted molar refractivity (Wildman–Crippen MR) is 132 cm³/mol. The SMILES string of the molecule is CN(c1cc2c(c(C(F)(F)F)c1)CN(c1cccc([C@@](C)(F)C(F)(F)c3nncn3C)c1)C2=O)[C@H]1CNC[C@H]1F. The first-order valence-corrected chi connectivity index (χ1v) is 12.3. The van der Waals surface area contributed by atoms with Crippen molar-refractivity contribution in [2.24, 2.45) is 7.05 Å². The second-order valence-corrected chi connectivity index (χ2v) is 10.2. The van der Waals surface area contributed by atoms with Crippen LogP contribution >= 0.6 is 0 Å². The van der Waals surface area contributed by atoms with Crippen molar-refractivity contribution >= 4 is 17.3 Å². The van der Waals surface area contributed by atoms with Crippen molar-refractivity contribution in [2.45, 2.75) is 43.4 Å². The molecule has 3 aromatic rings. The quantitative estimate of drug-likeness (QED) is 0.435. The number of hydrogen-bond acceptors (Lipinski definition) is 5. The van der Waals surface area contributed by atoms with Crippen molar-refractivity contribution in [1.82, 2.24) is 20.1 Å². The molecule has 0 spiro atoms. The summed E-state index contributed by atoms with van der Waals surface area (Å²) in [6, 6.07) is 6.07. The number of likely N-dealkylation sites (N-methyl/N-ethyl adjacent to an activating group) is 1. The number of carbonyl (C=O) groups excluding carboxylic acids is 1. The molecule has 0 bridgehead atoms. The van der Waals surface area contributed by atoms with Crippen LogP contribution in [0, 0.1) is 0 Å². The van der Waals surface area contributed by atoms with Gasteiger partial charge < -0.3 is 19.7 Å². The lowest BCUT2D eigenvalue weighted by atomic mass is 9.90. The number of fused-ring (bicyclic) bond motifs is 1. The minimum atomic E-state index is -4.84. The molecule has 2 aromatic carbocycles. The predicted octanol–water partition coefficient (Wildman–Crippen LogP) is 4.72. The molecule has 1 N–H and O–H groups in total. The van der Waals surface area contributed by atoms with Crippen molar-refractivity contribution < 1.29 is 35.5 Å². The van der Waals surface area contributed by atoms with E-state index in [4.69, 9.17) is 0 Å². The monoisotopic (exact) mass is 570 g/mol. The molecule has 1 aromatic heterocycles. The zero-order valence-corrected chi connectivity index (χ0v) is 21.6. The third-order valence-electron chi connectivity index (χ3n) is 7.63. The van der Waals surface area contributed by atoms with E-state index in [-0.39, 0.29) is 35.6 Å². The lowest BCUT2D eigenvalue weighted by molar-refractivity contribution is -0.149. The standard InChI is InChI=1S/C26H25F7N6O/c1-24(28,25(29,30)23-36-35-13-37(23)2)14-5-4-6-15(7-14)39-12-18-17(22(39)40)8-16(9-19(18)26(31,32)33)38(3)21-11-34-10-20(21)27/h4-9,13,20-21,34H,10-12H2,1-3H3/t20-,21+,24-/m1/s1. The van der Waals surface area contributed by atoms with Crippen LogP contribution in [0.3, 0.4) is 0 Å². The van der Waals surface area contributed by atoms with E-state index in [0.717, 1.165) is 34.0 Å². The number of aromatic nitrogens is 3. The second kappa shape index (κ2) is 9.46. The number of anilines is 2. The highest BCUT2D eigenvalue weighted by molar-refractivity contribution is 6.11. The first-order valence-electron chi connectivity index (χ1n) is 12.3. The number of carbonyl (C=O) groups is 1. The Morgan fingerprint density at radius 1 is 1.07 bits per heavy atom. The Morgan fingerprint density at radius 3 is 2.40 bits per heavy atom. The molecule has 3 atom stereocenters. The zero-order chi connectivity index (χ0) is 29.2. The number of benzene rings is 2. The summed E-state index contributed by atoms with van der Waals surface area (Å²) < 4.78 is 104. The van der Waals surface area contributed by atoms with Crippen LogP contribution in [0.15, 0.2) is 42.7 Å². The van der Waals surface area contributed by atoms with Crippen LogP contribution < -0.4 is 15.1 Å². The fourth-order valence-corrected chi connectivity index (χ4v) is 5.19. The van der Waals surface area contributed by atoms with Gasteiger partial charge in [0.1, 0.15) is 12.5 Å². The van der Waals surface area contributed by atoms with E-state index in [2.05, 4.69) is 15.5 Å². The average molecular weight is 571 g/mol. The molecule has 1 saturated heterocycles. The summed E-state index contributed by atoms with van der Waals surface area (Å²) in [4.78, 5) is 15.7. The minimum Gasteiger partial charge on any atom is -0.367 e. The Hall–Kier alpha value is -3.68. The Morgan fingerprint density at radius 2 is 1.80 bits per heavy atom. The van der Waals surface area contributed by atoms with E-state index < -0.39 is 59.4 Å². The van der Waals surface area contributed by atoms with Gasteiger partial charge in [-0.2, -0.15) is 22.0 Å². The maximum Gasteiger partial charge on any atom is 0.416 e. The Balaban J connectivity index is 1.52. The Kier molecular flexibility index (Phi) is 6.59. The van der Waals surface area contributed by atoms with Crippen LogP contribution in [-0.2, 0) is 31.4 Å². The fourth-order valence-electron chi connectivity index (χ4n) is 5.19. The van der Waals surface area contributed by atoms with Gasteiger partial charge in [0.2, 0.25) is 11.5 Å². The number of hydrogen-bond donors (Lipinski definition) is 1. The summed E-state index contributed by atoms with van der Waals surface area (Å²) >= 11 is 0. The molecule has 5 rings (SSSR count). The third kappa shape index (κ3) is 4.38. The van der Waals surface area contributed by atoms with Gasteiger partial charge in [-0.15, -0.1) is 10.2 Å². The normalized spacial score (nSPS) is 21.1. The highest BCUT2D eigenvalue weighted by Gasteiger charge is 2.57. The van der Waals surface area contributed by atoms with Crippen LogP contribution in [0.4, 0.5) is 42.1 Å². The van der Waals surface area contributed by atoms with Gasteiger partial charge in [-0.1, -0.05) is 12.1 Å². The first-order chi connectivity index (χ1) is 18.6. The molecule has 0 aliphatic carbocycles. The van der Waals surface area contributed by atoms with E-state index in [9.17, 15) is 22.4 Å². The summed E-state index contributed by atoms with van der Waals surface area (Å²) in [5.41, 5.74) is -5.52. The highest BCUT2D eigenvalue weighted by Crippen LogP contribution is 2.48. The van der Waals surface area contributed by atoms with Gasteiger partial charge >= 0.3 is 12.1 Å². The number of alkyl halides is 7. The number of halogens is 7. The molecule has 3 heterocycles. The molecule has 1 fully saturated rings. The number of amides is 1. The summed E-state index contributed by atoms with van der Waals surface area (Å²) in [6.45, 7) is 0.402. The van der Waals surface area contributed by atoms with Gasteiger partial charge in [0.15, 0.2) is 0 Å². The average Bonchev–Trinajstić information content (AvgIpc) is 3.61. The number of nitrogens with zero attached hydrogens (tertiary/aromatic N) is 5. The summed E-state index contributed by atoms with van der Waals surface area (Å²) in [5.74, 6) is -5.89. The van der Waals surface area contributed by atoms with E-state index in [1.807, 2.05) is 0 Å². The summed E-state index contributed by atoms with van der Waals surface area (Å²) in [7, 11) is 2.68. The lowest BCUT2D eigenvalue weighted by Crippen LogP contribution is -2.39. The van der Waals surface area contributed by atoms with Crippen molar-refractivity contribution in [3.63, 3.8) is 0 Å². The van der Waals surface area contributed by atoms with Crippen molar-refractivity contribution in [2.75, 3.05) is 29.9 Å². The smallest absolute Gasteiger partial charge is 0.367 e. The van der Waals surface area contributed by atoms with Gasteiger partial charge in [0.25, 0.3) is 5.91 Å². The largest absolute Gasteiger partial charge is 0.416 e. The van der Waals surface area contributed by atoms with Gasteiger partial charge in [0, 0.05) is 44.1 Å². The third-order valence-corrected chi connectivity index (χ3v) is 7.63. The molecule has 0 unspecified atom stereocenters. The molecule has 14 heteroatoms. The number of aryl methyl sites for hydroxylation is 1. The number of nitrogens with one attached hydrogen (secondary N) is 1. The fraction of sp³-hybridized carbons (Fsp3) is 0.423. The first kappa shape index (κ1) is 27.9. The van der Waals surface area contributed by atoms with E-state index in [0.29, 0.717) is 6.92 Å². The van der Waals surface area contributed by atoms with Crippen LogP contribution in [0.5, 0.6) is 0 Å². The topological polar surface area (TPSA) is 66.3 Å². The zero-order valence-electron chi connectivity index (χ0n) is 21.6. The molecule has 2 aliphatic rings. The molecule has 40 heavy (non-hydrogen) atoms. The molecular weight excluding hydrogens is 545 g/mol. The van der Waals surface area contributed by atoms with Crippen molar-refractivity contribution in [3.8, 4) is 0 Å². The van der Waals surface area contributed by atoms with E-state index >= 15 is 13.2 Å². The second-order valence-electron chi connectivity index (χ2n) is 10.2. The van der Waals surface area contributed by atoms with Crippen molar-refractivity contribution in [3.05, 3.63) is 70.8 Å². The number of rotatable bonds is 6. The van der Waals surface area contributed by atoms with Crippen LogP contribution in [-0.4, -0.2) is 53.0 Å². The molecular formula is C26H25F7N6O. The minimum absolute atomic E-state index is 0.00558. The Labute approximate surface area is 224 Å². The summed E-state index contributed by atoms with van der Waals surface area (Å²) in [5, 5.41) is 9.55.